The molecule has 7 nitrogen and oxygen atoms in total. The Morgan fingerprint density at radius 2 is 2.40 bits per heavy atom. The first-order valence-electron chi connectivity index (χ1n) is 4.41. The zero-order valence-corrected chi connectivity index (χ0v) is 8.35. The largest absolute Gasteiger partial charge is 0.490 e. The van der Waals surface area contributed by atoms with Crippen LogP contribution >= 0.6 is 0 Å². The lowest BCUT2D eigenvalue weighted by Gasteiger charge is -1.96. The van der Waals surface area contributed by atoms with Gasteiger partial charge in [-0.25, -0.2) is 0 Å². The Labute approximate surface area is 84.7 Å². The molecule has 1 N–H and O–H groups in total. The number of ether oxygens (including phenoxy) is 2. The highest BCUT2D eigenvalue weighted by Crippen LogP contribution is 2.07. The van der Waals surface area contributed by atoms with Crippen LogP contribution in [-0.4, -0.2) is 33.3 Å². The maximum absolute atomic E-state index is 11.3. The molecule has 0 aliphatic rings. The van der Waals surface area contributed by atoms with Crippen molar-refractivity contribution in [1.82, 2.24) is 19.6 Å². The maximum Gasteiger partial charge on any atom is 0.337 e. The van der Waals surface area contributed by atoms with Crippen LogP contribution in [-0.2, 0) is 0 Å². The van der Waals surface area contributed by atoms with Gasteiger partial charge in [-0.15, -0.1) is 5.10 Å². The summed E-state index contributed by atoms with van der Waals surface area (Å²) in [6, 6.07) is 0.224. The fourth-order valence-corrected chi connectivity index (χ4v) is 1.15. The lowest BCUT2D eigenvalue weighted by atomic mass is 10.6. The number of aromatic amines is 1. The zero-order chi connectivity index (χ0) is 10.8. The van der Waals surface area contributed by atoms with Crippen molar-refractivity contribution in [3.8, 4) is 11.8 Å². The van der Waals surface area contributed by atoms with E-state index >= 15 is 0 Å². The van der Waals surface area contributed by atoms with E-state index in [1.807, 2.05) is 6.92 Å². The number of rotatable bonds is 3. The summed E-state index contributed by atoms with van der Waals surface area (Å²) in [4.78, 5) is 17.8. The molecule has 2 aromatic rings. The Morgan fingerprint density at radius 1 is 1.60 bits per heavy atom. The number of fused-ring (bicyclic) bond motifs is 1. The molecule has 0 amide bonds. The van der Waals surface area contributed by atoms with Gasteiger partial charge in [-0.3, -0.25) is 9.78 Å². The van der Waals surface area contributed by atoms with Crippen molar-refractivity contribution < 1.29 is 9.47 Å². The Bertz CT molecular complexity index is 530. The van der Waals surface area contributed by atoms with Crippen LogP contribution in [0.3, 0.4) is 0 Å². The molecule has 0 saturated carbocycles. The lowest BCUT2D eigenvalue weighted by molar-refractivity contribution is 0.313. The van der Waals surface area contributed by atoms with Gasteiger partial charge in [-0.1, -0.05) is 0 Å². The molecule has 0 bridgehead atoms. The first-order valence-corrected chi connectivity index (χ1v) is 4.41. The lowest BCUT2D eigenvalue weighted by Crippen LogP contribution is -2.11. The summed E-state index contributed by atoms with van der Waals surface area (Å²) < 4.78 is 11.3. The highest BCUT2D eigenvalue weighted by molar-refractivity contribution is 5.31. The van der Waals surface area contributed by atoms with Gasteiger partial charge in [0.25, 0.3) is 5.56 Å². The Balaban J connectivity index is 2.56. The Morgan fingerprint density at radius 3 is 3.07 bits per heavy atom. The van der Waals surface area contributed by atoms with Crippen LogP contribution in [0.15, 0.2) is 11.0 Å². The van der Waals surface area contributed by atoms with Crippen LogP contribution < -0.4 is 15.0 Å². The highest BCUT2D eigenvalue weighted by Gasteiger charge is 2.07. The van der Waals surface area contributed by atoms with Gasteiger partial charge in [0.05, 0.1) is 19.9 Å². The van der Waals surface area contributed by atoms with Crippen molar-refractivity contribution in [2.45, 2.75) is 6.92 Å². The fraction of sp³-hybridized carbons (Fsp3) is 0.375. The molecule has 80 valence electrons. The van der Waals surface area contributed by atoms with E-state index in [4.69, 9.17) is 9.47 Å². The van der Waals surface area contributed by atoms with Crippen molar-refractivity contribution in [3.63, 3.8) is 0 Å². The molecule has 0 unspecified atom stereocenters. The number of H-pyrrole nitrogens is 1. The van der Waals surface area contributed by atoms with Crippen molar-refractivity contribution in [2.24, 2.45) is 0 Å². The van der Waals surface area contributed by atoms with Gasteiger partial charge in [-0.2, -0.15) is 9.50 Å². The van der Waals surface area contributed by atoms with E-state index in [-0.39, 0.29) is 17.3 Å². The average Bonchev–Trinajstić information content (AvgIpc) is 2.58. The summed E-state index contributed by atoms with van der Waals surface area (Å²) in [6.45, 7) is 2.30. The number of aromatic nitrogens is 4. The second kappa shape index (κ2) is 3.60. The van der Waals surface area contributed by atoms with Crippen molar-refractivity contribution in [3.05, 3.63) is 16.6 Å². The van der Waals surface area contributed by atoms with Crippen LogP contribution in [0.1, 0.15) is 6.92 Å². The van der Waals surface area contributed by atoms with E-state index in [1.165, 1.54) is 17.8 Å². The summed E-state index contributed by atoms with van der Waals surface area (Å²) >= 11 is 0. The van der Waals surface area contributed by atoms with Gasteiger partial charge in [0.15, 0.2) is 0 Å². The Kier molecular flexibility index (Phi) is 2.28. The molecule has 0 saturated heterocycles. The number of nitrogens with one attached hydrogen (secondary N) is 1. The molecule has 7 heteroatoms. The highest BCUT2D eigenvalue weighted by atomic mass is 16.5. The van der Waals surface area contributed by atoms with Crippen LogP contribution in [0.2, 0.25) is 0 Å². The minimum atomic E-state index is -0.347. The van der Waals surface area contributed by atoms with E-state index in [0.717, 1.165) is 0 Å². The summed E-state index contributed by atoms with van der Waals surface area (Å²) in [5.74, 6) is 0.500. The van der Waals surface area contributed by atoms with Crippen LogP contribution in [0.5, 0.6) is 11.8 Å². The topological polar surface area (TPSA) is 81.5 Å². The minimum absolute atomic E-state index is 0.176. The SMILES string of the molecule is CCOc1nc2[nH]c(=O)c(OC)cn2n1. The molecule has 0 atom stereocenters. The van der Waals surface area contributed by atoms with E-state index in [0.29, 0.717) is 12.4 Å². The molecule has 2 aromatic heterocycles. The van der Waals surface area contributed by atoms with Crippen LogP contribution in [0.4, 0.5) is 0 Å². The summed E-state index contributed by atoms with van der Waals surface area (Å²) in [5.41, 5.74) is -0.347. The van der Waals surface area contributed by atoms with Crippen molar-refractivity contribution in [1.29, 1.82) is 0 Å². The van der Waals surface area contributed by atoms with Crippen LogP contribution in [0.25, 0.3) is 5.78 Å². The summed E-state index contributed by atoms with van der Waals surface area (Å²) in [5, 5.41) is 3.99. The summed E-state index contributed by atoms with van der Waals surface area (Å²) in [6.07, 6.45) is 1.45. The maximum atomic E-state index is 11.3. The molecule has 0 spiro atoms. The predicted molar refractivity (Wildman–Crippen MR) is 51.3 cm³/mol. The molecule has 2 rings (SSSR count). The first-order chi connectivity index (χ1) is 7.24. The smallest absolute Gasteiger partial charge is 0.337 e. The molecule has 0 aliphatic carbocycles. The molecular formula is C8H10N4O3. The third-order valence-corrected chi connectivity index (χ3v) is 1.79. The molecule has 15 heavy (non-hydrogen) atoms. The molecule has 0 aliphatic heterocycles. The van der Waals surface area contributed by atoms with E-state index in [2.05, 4.69) is 15.1 Å². The average molecular weight is 210 g/mol. The molecule has 2 heterocycles. The second-order valence-corrected chi connectivity index (χ2v) is 2.75. The molecule has 0 radical (unpaired) electrons. The number of methoxy groups -OCH3 is 1. The third kappa shape index (κ3) is 1.63. The van der Waals surface area contributed by atoms with Crippen molar-refractivity contribution >= 4 is 5.78 Å². The van der Waals surface area contributed by atoms with Gasteiger partial charge in [0, 0.05) is 0 Å². The molecular weight excluding hydrogens is 200 g/mol. The number of hydrogen-bond acceptors (Lipinski definition) is 5. The van der Waals surface area contributed by atoms with Gasteiger partial charge in [0.1, 0.15) is 0 Å². The van der Waals surface area contributed by atoms with Crippen molar-refractivity contribution in [2.75, 3.05) is 13.7 Å². The van der Waals surface area contributed by atoms with Gasteiger partial charge >= 0.3 is 6.01 Å². The fourth-order valence-electron chi connectivity index (χ4n) is 1.15. The number of nitrogens with zero attached hydrogens (tertiary/aromatic N) is 3. The monoisotopic (exact) mass is 210 g/mol. The molecule has 0 aromatic carbocycles. The van der Waals surface area contributed by atoms with E-state index in [1.54, 1.807) is 0 Å². The van der Waals surface area contributed by atoms with Gasteiger partial charge < -0.3 is 9.47 Å². The zero-order valence-electron chi connectivity index (χ0n) is 8.35. The first kappa shape index (κ1) is 9.50. The normalized spacial score (nSPS) is 10.5. The summed E-state index contributed by atoms with van der Waals surface area (Å²) in [7, 11) is 1.41. The van der Waals surface area contributed by atoms with Crippen LogP contribution in [0, 0.1) is 0 Å². The second-order valence-electron chi connectivity index (χ2n) is 2.75. The van der Waals surface area contributed by atoms with E-state index < -0.39 is 0 Å². The predicted octanol–water partition coefficient (Wildman–Crippen LogP) is -0.175. The number of hydrogen-bond donors (Lipinski definition) is 1. The quantitative estimate of drug-likeness (QED) is 0.760. The third-order valence-electron chi connectivity index (χ3n) is 1.79. The minimum Gasteiger partial charge on any atom is -0.490 e. The molecule has 0 fully saturated rings. The van der Waals surface area contributed by atoms with Gasteiger partial charge in [-0.05, 0) is 6.92 Å². The Hall–Kier alpha value is -2.05. The van der Waals surface area contributed by atoms with Gasteiger partial charge in [0.2, 0.25) is 11.5 Å². The standard InChI is InChI=1S/C8H10N4O3/c1-3-15-8-10-7-9-6(13)5(14-2)4-12(7)11-8/h4H,3H2,1-2H3,(H,9,10,11,13). The van der Waals surface area contributed by atoms with E-state index in [9.17, 15) is 4.79 Å².